The standard InChI is InChI=1S/C26H27N7O/c1-16-5-6-24-30-20(13-32(24)11-16)14-33-12-19(10-29-33)26(34)31(4)15-23-17(2)9-22-21(18(23)3)7-8-28-25(22)27/h5-13H,14-15H2,1-4H3,(H2,27,28). The Kier molecular flexibility index (Phi) is 5.28. The predicted octanol–water partition coefficient (Wildman–Crippen LogP) is 3.91. The summed E-state index contributed by atoms with van der Waals surface area (Å²) in [7, 11) is 1.81. The van der Waals surface area contributed by atoms with E-state index in [1.54, 1.807) is 28.2 Å². The molecule has 0 radical (unpaired) electrons. The number of hydrogen-bond acceptors (Lipinski definition) is 5. The maximum Gasteiger partial charge on any atom is 0.257 e. The lowest BCUT2D eigenvalue weighted by Crippen LogP contribution is -2.26. The SMILES string of the molecule is Cc1ccc2nc(Cn3cc(C(=O)N(C)Cc4c(C)cc5c(N)nccc5c4C)cn3)cn2c1. The highest BCUT2D eigenvalue weighted by atomic mass is 16.2. The van der Waals surface area contributed by atoms with Gasteiger partial charge >= 0.3 is 0 Å². The normalized spacial score (nSPS) is 11.4. The first-order valence-corrected chi connectivity index (χ1v) is 11.2. The zero-order chi connectivity index (χ0) is 24.0. The number of anilines is 1. The largest absolute Gasteiger partial charge is 0.383 e. The zero-order valence-corrected chi connectivity index (χ0v) is 19.8. The number of nitrogens with zero attached hydrogens (tertiary/aromatic N) is 6. The van der Waals surface area contributed by atoms with Crippen LogP contribution in [0, 0.1) is 20.8 Å². The van der Waals surface area contributed by atoms with Crippen molar-refractivity contribution in [2.75, 3.05) is 12.8 Å². The maximum atomic E-state index is 13.2. The average molecular weight is 454 g/mol. The summed E-state index contributed by atoms with van der Waals surface area (Å²) in [6, 6.07) is 8.05. The number of aryl methyl sites for hydroxylation is 3. The Labute approximate surface area is 197 Å². The van der Waals surface area contributed by atoms with Crippen LogP contribution >= 0.6 is 0 Å². The molecular weight excluding hydrogens is 426 g/mol. The minimum absolute atomic E-state index is 0.0787. The topological polar surface area (TPSA) is 94.3 Å². The van der Waals surface area contributed by atoms with Crippen molar-refractivity contribution in [1.82, 2.24) is 29.0 Å². The van der Waals surface area contributed by atoms with Crippen LogP contribution in [0.2, 0.25) is 0 Å². The molecule has 0 atom stereocenters. The van der Waals surface area contributed by atoms with Crippen molar-refractivity contribution in [2.45, 2.75) is 33.9 Å². The van der Waals surface area contributed by atoms with Crippen molar-refractivity contribution >= 4 is 28.1 Å². The molecule has 4 heterocycles. The average Bonchev–Trinajstić information content (AvgIpc) is 3.43. The number of nitrogens with two attached hydrogens (primary N) is 1. The van der Waals surface area contributed by atoms with E-state index in [1.807, 2.05) is 55.0 Å². The van der Waals surface area contributed by atoms with Crippen LogP contribution < -0.4 is 5.73 Å². The molecule has 0 saturated carbocycles. The van der Waals surface area contributed by atoms with Gasteiger partial charge in [0.05, 0.1) is 24.0 Å². The van der Waals surface area contributed by atoms with Crippen LogP contribution in [0.5, 0.6) is 0 Å². The molecule has 8 heteroatoms. The molecule has 2 N–H and O–H groups in total. The van der Waals surface area contributed by atoms with Gasteiger partial charge in [-0.3, -0.25) is 9.48 Å². The number of amides is 1. The number of pyridine rings is 2. The first-order chi connectivity index (χ1) is 16.3. The van der Waals surface area contributed by atoms with E-state index in [2.05, 4.69) is 28.9 Å². The van der Waals surface area contributed by atoms with E-state index in [4.69, 9.17) is 5.73 Å². The molecule has 5 rings (SSSR count). The fraction of sp³-hybridized carbons (Fsp3) is 0.231. The zero-order valence-electron chi connectivity index (χ0n) is 19.8. The highest BCUT2D eigenvalue weighted by Gasteiger charge is 2.18. The fourth-order valence-corrected chi connectivity index (χ4v) is 4.46. The van der Waals surface area contributed by atoms with Crippen LogP contribution in [0.15, 0.2) is 55.2 Å². The van der Waals surface area contributed by atoms with Crippen molar-refractivity contribution < 1.29 is 4.79 Å². The monoisotopic (exact) mass is 453 g/mol. The molecule has 1 amide bonds. The number of hydrogen-bond donors (Lipinski definition) is 1. The lowest BCUT2D eigenvalue weighted by Gasteiger charge is -2.21. The first-order valence-electron chi connectivity index (χ1n) is 11.2. The Morgan fingerprint density at radius 1 is 1.09 bits per heavy atom. The maximum absolute atomic E-state index is 13.2. The number of rotatable bonds is 5. The number of nitrogen functional groups attached to an aromatic ring is 1. The Bertz CT molecular complexity index is 1550. The van der Waals surface area contributed by atoms with E-state index in [-0.39, 0.29) is 5.91 Å². The minimum Gasteiger partial charge on any atom is -0.383 e. The molecule has 0 fully saturated rings. The molecular formula is C26H27N7O. The van der Waals surface area contributed by atoms with Crippen molar-refractivity contribution in [3.63, 3.8) is 0 Å². The quantitative estimate of drug-likeness (QED) is 0.435. The van der Waals surface area contributed by atoms with Crippen molar-refractivity contribution in [1.29, 1.82) is 0 Å². The van der Waals surface area contributed by atoms with Gasteiger partial charge < -0.3 is 15.0 Å². The van der Waals surface area contributed by atoms with Gasteiger partial charge in [0.1, 0.15) is 11.5 Å². The van der Waals surface area contributed by atoms with Gasteiger partial charge in [0.2, 0.25) is 0 Å². The lowest BCUT2D eigenvalue weighted by atomic mass is 9.96. The Morgan fingerprint density at radius 2 is 1.91 bits per heavy atom. The van der Waals surface area contributed by atoms with Crippen LogP contribution in [0.1, 0.15) is 38.3 Å². The second-order valence-electron chi connectivity index (χ2n) is 8.88. The third kappa shape index (κ3) is 3.87. The predicted molar refractivity (Wildman–Crippen MR) is 133 cm³/mol. The molecule has 34 heavy (non-hydrogen) atoms. The molecule has 0 bridgehead atoms. The van der Waals surface area contributed by atoms with Gasteiger partial charge in [-0.15, -0.1) is 0 Å². The summed E-state index contributed by atoms with van der Waals surface area (Å²) in [5.41, 5.74) is 12.9. The Balaban J connectivity index is 1.34. The highest BCUT2D eigenvalue weighted by molar-refractivity contribution is 5.95. The number of imidazole rings is 1. The van der Waals surface area contributed by atoms with E-state index in [1.165, 1.54) is 5.56 Å². The Morgan fingerprint density at radius 3 is 2.74 bits per heavy atom. The number of aromatic nitrogens is 5. The van der Waals surface area contributed by atoms with Gasteiger partial charge in [-0.25, -0.2) is 9.97 Å². The lowest BCUT2D eigenvalue weighted by molar-refractivity contribution is 0.0784. The highest BCUT2D eigenvalue weighted by Crippen LogP contribution is 2.28. The summed E-state index contributed by atoms with van der Waals surface area (Å²) in [5.74, 6) is 0.442. The van der Waals surface area contributed by atoms with E-state index < -0.39 is 0 Å². The van der Waals surface area contributed by atoms with Gasteiger partial charge in [-0.1, -0.05) is 6.07 Å². The summed E-state index contributed by atoms with van der Waals surface area (Å²) in [6.07, 6.45) is 9.15. The molecule has 0 aliphatic carbocycles. The van der Waals surface area contributed by atoms with Crippen LogP contribution in [0.25, 0.3) is 16.4 Å². The summed E-state index contributed by atoms with van der Waals surface area (Å²) < 4.78 is 3.75. The van der Waals surface area contributed by atoms with Crippen LogP contribution in [-0.2, 0) is 13.1 Å². The number of fused-ring (bicyclic) bond motifs is 2. The van der Waals surface area contributed by atoms with Crippen molar-refractivity contribution in [3.05, 3.63) is 88.8 Å². The first kappa shape index (κ1) is 21.6. The summed E-state index contributed by atoms with van der Waals surface area (Å²) in [5, 5.41) is 6.40. The molecule has 4 aromatic heterocycles. The van der Waals surface area contributed by atoms with Crippen molar-refractivity contribution in [3.8, 4) is 0 Å². The summed E-state index contributed by atoms with van der Waals surface area (Å²) in [4.78, 5) is 23.7. The second-order valence-corrected chi connectivity index (χ2v) is 8.88. The van der Waals surface area contributed by atoms with Crippen LogP contribution in [-0.4, -0.2) is 42.0 Å². The fourth-order valence-electron chi connectivity index (χ4n) is 4.46. The molecule has 8 nitrogen and oxygen atoms in total. The van der Waals surface area contributed by atoms with E-state index >= 15 is 0 Å². The van der Waals surface area contributed by atoms with Gasteiger partial charge in [0, 0.05) is 43.8 Å². The van der Waals surface area contributed by atoms with Crippen molar-refractivity contribution in [2.24, 2.45) is 0 Å². The summed E-state index contributed by atoms with van der Waals surface area (Å²) >= 11 is 0. The molecule has 0 saturated heterocycles. The number of carbonyl (C=O) groups is 1. The van der Waals surface area contributed by atoms with Crippen LogP contribution in [0.3, 0.4) is 0 Å². The van der Waals surface area contributed by atoms with Gasteiger partial charge in [0.25, 0.3) is 5.91 Å². The molecule has 0 aliphatic rings. The second kappa shape index (κ2) is 8.30. The number of carbonyl (C=O) groups excluding carboxylic acids is 1. The Hall–Kier alpha value is -4.20. The third-order valence-electron chi connectivity index (χ3n) is 6.31. The molecule has 172 valence electrons. The molecule has 5 aromatic rings. The summed E-state index contributed by atoms with van der Waals surface area (Å²) in [6.45, 7) is 7.15. The van der Waals surface area contributed by atoms with Gasteiger partial charge in [0.15, 0.2) is 0 Å². The smallest absolute Gasteiger partial charge is 0.257 e. The van der Waals surface area contributed by atoms with E-state index in [0.717, 1.165) is 38.8 Å². The third-order valence-corrected chi connectivity index (χ3v) is 6.31. The van der Waals surface area contributed by atoms with Crippen LogP contribution in [0.4, 0.5) is 5.82 Å². The van der Waals surface area contributed by atoms with E-state index in [9.17, 15) is 4.79 Å². The van der Waals surface area contributed by atoms with E-state index in [0.29, 0.717) is 24.5 Å². The molecule has 0 spiro atoms. The molecule has 0 unspecified atom stereocenters. The molecule has 0 aliphatic heterocycles. The molecule has 1 aromatic carbocycles. The minimum atomic E-state index is -0.0787. The number of benzene rings is 1. The van der Waals surface area contributed by atoms with Gasteiger partial charge in [-0.05, 0) is 66.6 Å². The van der Waals surface area contributed by atoms with Gasteiger partial charge in [-0.2, -0.15) is 5.10 Å².